The van der Waals surface area contributed by atoms with Gasteiger partial charge in [0.25, 0.3) is 0 Å². The van der Waals surface area contributed by atoms with Crippen LogP contribution in [0.5, 0.6) is 0 Å². The molecular weight excluding hydrogens is 188 g/mol. The lowest BCUT2D eigenvalue weighted by Gasteiger charge is -2.08. The summed E-state index contributed by atoms with van der Waals surface area (Å²) in [7, 11) is 1.55. The maximum absolute atomic E-state index is 11.2. The number of aliphatic imine (C=N–C) groups is 1. The third-order valence-corrected chi connectivity index (χ3v) is 2.16. The molecule has 0 N–H and O–H groups in total. The molecule has 1 atom stereocenters. The van der Waals surface area contributed by atoms with Crippen molar-refractivity contribution in [2.24, 2.45) is 10.9 Å². The monoisotopic (exact) mass is 200 g/mol. The number of rotatable bonds is 3. The molecule has 0 bridgehead atoms. The topological polar surface area (TPSA) is 62.5 Å². The van der Waals surface area contributed by atoms with Crippen molar-refractivity contribution in [3.05, 3.63) is 0 Å². The first-order valence-electron chi connectivity index (χ1n) is 3.78. The summed E-state index contributed by atoms with van der Waals surface area (Å²) in [6.45, 7) is 1.98. The van der Waals surface area contributed by atoms with Crippen LogP contribution in [0, 0.1) is 17.2 Å². The van der Waals surface area contributed by atoms with Gasteiger partial charge in [0.1, 0.15) is 0 Å². The Morgan fingerprint density at radius 3 is 2.69 bits per heavy atom. The fraction of sp³-hybridized carbons (Fsp3) is 0.625. The van der Waals surface area contributed by atoms with Gasteiger partial charge in [-0.2, -0.15) is 5.26 Å². The van der Waals surface area contributed by atoms with Gasteiger partial charge in [-0.3, -0.25) is 9.79 Å². The molecule has 0 fully saturated rings. The fourth-order valence-corrected chi connectivity index (χ4v) is 1.34. The Bertz CT molecular complexity index is 245. The highest BCUT2D eigenvalue weighted by molar-refractivity contribution is 8.13. The zero-order chi connectivity index (χ0) is 10.3. The molecule has 13 heavy (non-hydrogen) atoms. The maximum atomic E-state index is 11.2. The van der Waals surface area contributed by atoms with Crippen molar-refractivity contribution in [1.82, 2.24) is 0 Å². The minimum absolute atomic E-state index is 0.280. The smallest absolute Gasteiger partial charge is 0.330 e. The van der Waals surface area contributed by atoms with E-state index in [2.05, 4.69) is 4.99 Å². The van der Waals surface area contributed by atoms with E-state index in [0.29, 0.717) is 5.04 Å². The predicted molar refractivity (Wildman–Crippen MR) is 52.6 cm³/mol. The lowest BCUT2D eigenvalue weighted by Crippen LogP contribution is -2.22. The summed E-state index contributed by atoms with van der Waals surface area (Å²) < 4.78 is 4.72. The van der Waals surface area contributed by atoms with E-state index in [0.717, 1.165) is 0 Å². The molecule has 0 aliphatic heterocycles. The fourth-order valence-electron chi connectivity index (χ4n) is 0.773. The average Bonchev–Trinajstić information content (AvgIpc) is 2.14. The van der Waals surface area contributed by atoms with Crippen molar-refractivity contribution in [2.45, 2.75) is 6.92 Å². The van der Waals surface area contributed by atoms with E-state index in [9.17, 15) is 4.79 Å². The van der Waals surface area contributed by atoms with Gasteiger partial charge in [-0.05, 0) is 13.2 Å². The number of nitrogens with zero attached hydrogens (tertiary/aromatic N) is 2. The number of hydrogen-bond donors (Lipinski definition) is 0. The molecule has 0 aromatic heterocycles. The van der Waals surface area contributed by atoms with Crippen LogP contribution in [0.25, 0.3) is 0 Å². The first kappa shape index (κ1) is 12.0. The molecule has 0 saturated heterocycles. The van der Waals surface area contributed by atoms with E-state index in [1.807, 2.05) is 6.07 Å². The second kappa shape index (κ2) is 6.49. The zero-order valence-corrected chi connectivity index (χ0v) is 8.72. The second-order valence-corrected chi connectivity index (χ2v) is 2.91. The van der Waals surface area contributed by atoms with Crippen LogP contribution in [0.3, 0.4) is 0 Å². The summed E-state index contributed by atoms with van der Waals surface area (Å²) in [6, 6.07) is 1.86. The first-order chi connectivity index (χ1) is 6.21. The number of ether oxygens (including phenoxy) is 1. The van der Waals surface area contributed by atoms with E-state index in [1.54, 1.807) is 20.2 Å². The van der Waals surface area contributed by atoms with Crippen molar-refractivity contribution < 1.29 is 9.53 Å². The Morgan fingerprint density at radius 2 is 2.38 bits per heavy atom. The number of nitriles is 1. The minimum Gasteiger partial charge on any atom is -0.465 e. The lowest BCUT2D eigenvalue weighted by atomic mass is 10.2. The van der Waals surface area contributed by atoms with Crippen LogP contribution in [-0.4, -0.2) is 30.9 Å². The minimum atomic E-state index is -0.875. The molecular formula is C8H12N2O2S. The standard InChI is InChI=1S/C8H12N2O2S/c1-4-12-8(11)6(5-9)7(10-2)13-3/h6H,4H2,1-3H3/t6-/m1/s1. The molecule has 0 rings (SSSR count). The van der Waals surface area contributed by atoms with Gasteiger partial charge in [-0.1, -0.05) is 0 Å². The molecule has 0 aromatic carbocycles. The number of carbonyl (C=O) groups excluding carboxylic acids is 1. The van der Waals surface area contributed by atoms with E-state index in [1.165, 1.54) is 11.8 Å². The number of esters is 1. The maximum Gasteiger partial charge on any atom is 0.330 e. The third-order valence-electron chi connectivity index (χ3n) is 1.33. The Morgan fingerprint density at radius 1 is 1.77 bits per heavy atom. The third kappa shape index (κ3) is 3.47. The molecule has 0 aromatic rings. The average molecular weight is 200 g/mol. The van der Waals surface area contributed by atoms with Crippen LogP contribution in [0.2, 0.25) is 0 Å². The molecule has 0 unspecified atom stereocenters. The van der Waals surface area contributed by atoms with E-state index in [4.69, 9.17) is 10.00 Å². The van der Waals surface area contributed by atoms with Crippen molar-refractivity contribution in [3.8, 4) is 6.07 Å². The summed E-state index contributed by atoms with van der Waals surface area (Å²) in [4.78, 5) is 15.0. The van der Waals surface area contributed by atoms with Crippen LogP contribution in [0.4, 0.5) is 0 Å². The zero-order valence-electron chi connectivity index (χ0n) is 7.90. The molecule has 0 spiro atoms. The van der Waals surface area contributed by atoms with Gasteiger partial charge in [0.2, 0.25) is 0 Å². The first-order valence-corrected chi connectivity index (χ1v) is 5.00. The van der Waals surface area contributed by atoms with Gasteiger partial charge < -0.3 is 4.74 Å². The molecule has 72 valence electrons. The number of carbonyl (C=O) groups is 1. The largest absolute Gasteiger partial charge is 0.465 e. The van der Waals surface area contributed by atoms with Gasteiger partial charge >= 0.3 is 5.97 Å². The molecule has 0 aliphatic carbocycles. The normalized spacial score (nSPS) is 13.2. The molecule has 0 amide bonds. The van der Waals surface area contributed by atoms with Gasteiger partial charge in [0, 0.05) is 7.05 Å². The predicted octanol–water partition coefficient (Wildman–Crippen LogP) is 1.08. The van der Waals surface area contributed by atoms with E-state index < -0.39 is 11.9 Å². The Kier molecular flexibility index (Phi) is 5.98. The Balaban J connectivity index is 4.52. The van der Waals surface area contributed by atoms with Crippen molar-refractivity contribution in [1.29, 1.82) is 5.26 Å². The van der Waals surface area contributed by atoms with Crippen molar-refractivity contribution >= 4 is 22.8 Å². The number of thioether (sulfide) groups is 1. The van der Waals surface area contributed by atoms with Crippen LogP contribution >= 0.6 is 11.8 Å². The molecule has 5 heteroatoms. The highest BCUT2D eigenvalue weighted by atomic mass is 32.2. The summed E-state index contributed by atoms with van der Waals surface area (Å²) in [5.74, 6) is -1.40. The summed E-state index contributed by atoms with van der Waals surface area (Å²) in [5.41, 5.74) is 0. The summed E-state index contributed by atoms with van der Waals surface area (Å²) >= 11 is 1.28. The number of hydrogen-bond acceptors (Lipinski definition) is 5. The Hall–Kier alpha value is -1.02. The van der Waals surface area contributed by atoms with Crippen LogP contribution in [0.15, 0.2) is 4.99 Å². The molecule has 0 heterocycles. The highest BCUT2D eigenvalue weighted by Crippen LogP contribution is 2.11. The highest BCUT2D eigenvalue weighted by Gasteiger charge is 2.24. The summed E-state index contributed by atoms with van der Waals surface area (Å²) in [6.07, 6.45) is 1.77. The Labute approximate surface area is 82.0 Å². The van der Waals surface area contributed by atoms with E-state index >= 15 is 0 Å². The van der Waals surface area contributed by atoms with Gasteiger partial charge in [-0.25, -0.2) is 0 Å². The molecule has 0 saturated carbocycles. The SMILES string of the molecule is CCOC(=O)[C@H](C#N)C(=NC)SC. The molecule has 0 radical (unpaired) electrons. The van der Waals surface area contributed by atoms with Gasteiger partial charge in [0.05, 0.1) is 17.7 Å². The van der Waals surface area contributed by atoms with Crippen molar-refractivity contribution in [2.75, 3.05) is 19.9 Å². The summed E-state index contributed by atoms with van der Waals surface area (Å²) in [5, 5.41) is 9.20. The quantitative estimate of drug-likeness (QED) is 0.388. The van der Waals surface area contributed by atoms with Gasteiger partial charge in [0.15, 0.2) is 5.92 Å². The van der Waals surface area contributed by atoms with Crippen LogP contribution in [-0.2, 0) is 9.53 Å². The second-order valence-electron chi connectivity index (χ2n) is 2.08. The van der Waals surface area contributed by atoms with Gasteiger partial charge in [-0.15, -0.1) is 11.8 Å². The van der Waals surface area contributed by atoms with Crippen LogP contribution in [0.1, 0.15) is 6.92 Å². The van der Waals surface area contributed by atoms with E-state index in [-0.39, 0.29) is 6.61 Å². The molecule has 4 nitrogen and oxygen atoms in total. The molecule has 0 aliphatic rings. The van der Waals surface area contributed by atoms with Crippen molar-refractivity contribution in [3.63, 3.8) is 0 Å². The lowest BCUT2D eigenvalue weighted by molar-refractivity contribution is -0.143. The van der Waals surface area contributed by atoms with Crippen LogP contribution < -0.4 is 0 Å².